The minimum Gasteiger partial charge on any atom is -0.446 e. The number of aromatic nitrogens is 1. The zero-order valence-corrected chi connectivity index (χ0v) is 14.4. The van der Waals surface area contributed by atoms with E-state index in [9.17, 15) is 9.59 Å². The molecule has 1 heterocycles. The molecule has 6 nitrogen and oxygen atoms in total. The Morgan fingerprint density at radius 3 is 2.62 bits per heavy atom. The summed E-state index contributed by atoms with van der Waals surface area (Å²) < 4.78 is 5.29. The average molecular weight is 350 g/mol. The van der Waals surface area contributed by atoms with Crippen LogP contribution >= 0.6 is 11.6 Å². The predicted octanol–water partition coefficient (Wildman–Crippen LogP) is 2.75. The van der Waals surface area contributed by atoms with Gasteiger partial charge < -0.3 is 14.6 Å². The van der Waals surface area contributed by atoms with Crippen molar-refractivity contribution < 1.29 is 14.0 Å². The van der Waals surface area contributed by atoms with Gasteiger partial charge in [0.05, 0.1) is 6.54 Å². The molecule has 0 aliphatic rings. The number of amides is 2. The number of hydrogen-bond acceptors (Lipinski definition) is 4. The molecule has 0 aliphatic carbocycles. The van der Waals surface area contributed by atoms with Crippen molar-refractivity contribution in [1.82, 2.24) is 15.2 Å². The number of carbonyl (C=O) groups excluding carboxylic acids is 2. The summed E-state index contributed by atoms with van der Waals surface area (Å²) in [5, 5.41) is 1.87. The average Bonchev–Trinajstić information content (AvgIpc) is 3.08. The lowest BCUT2D eigenvalue weighted by Gasteiger charge is -2.22. The Morgan fingerprint density at radius 2 is 2.00 bits per heavy atom. The highest BCUT2D eigenvalue weighted by atomic mass is 35.5. The van der Waals surface area contributed by atoms with Crippen LogP contribution in [0, 0.1) is 0 Å². The van der Waals surface area contributed by atoms with E-state index in [1.54, 1.807) is 0 Å². The molecule has 1 atom stereocenters. The number of carbonyl (C=O) groups is 2. The molecule has 7 heteroatoms. The summed E-state index contributed by atoms with van der Waals surface area (Å²) in [6, 6.07) is 9.15. The molecular formula is C17H20ClN3O3. The van der Waals surface area contributed by atoms with Crippen LogP contribution in [0.5, 0.6) is 0 Å². The number of likely N-dealkylation sites (N-methyl/N-ethyl adjacent to an activating group) is 1. The van der Waals surface area contributed by atoms with Gasteiger partial charge in [0.25, 0.3) is 5.91 Å². The minimum absolute atomic E-state index is 0.158. The molecule has 1 N–H and O–H groups in total. The maximum atomic E-state index is 12.6. The first-order chi connectivity index (χ1) is 11.6. The molecule has 1 aromatic carbocycles. The molecule has 0 aliphatic heterocycles. The summed E-state index contributed by atoms with van der Waals surface area (Å²) in [6.07, 6.45) is 1.29. The van der Waals surface area contributed by atoms with Crippen LogP contribution in [-0.2, 0) is 11.3 Å². The van der Waals surface area contributed by atoms with Gasteiger partial charge in [-0.2, -0.15) is 0 Å². The maximum Gasteiger partial charge on any atom is 0.273 e. The summed E-state index contributed by atoms with van der Waals surface area (Å²) in [5.41, 5.74) is 0.930. The Kier molecular flexibility index (Phi) is 6.37. The van der Waals surface area contributed by atoms with Crippen LogP contribution in [0.1, 0.15) is 41.2 Å². The number of halogens is 1. The molecule has 0 saturated carbocycles. The summed E-state index contributed by atoms with van der Waals surface area (Å²) in [7, 11) is 0. The molecule has 0 radical (unpaired) electrons. The first-order valence-electron chi connectivity index (χ1n) is 7.77. The van der Waals surface area contributed by atoms with Gasteiger partial charge in [-0.1, -0.05) is 30.3 Å². The first kappa shape index (κ1) is 18.0. The quantitative estimate of drug-likeness (QED) is 0.780. The molecule has 2 aromatic rings. The second-order valence-corrected chi connectivity index (χ2v) is 5.55. The van der Waals surface area contributed by atoms with Crippen LogP contribution in [0.25, 0.3) is 0 Å². The third kappa shape index (κ3) is 4.35. The lowest BCUT2D eigenvalue weighted by atomic mass is 10.1. The molecule has 0 saturated heterocycles. The van der Waals surface area contributed by atoms with Crippen LogP contribution in [0.2, 0.25) is 0 Å². The van der Waals surface area contributed by atoms with E-state index in [-0.39, 0.29) is 24.1 Å². The van der Waals surface area contributed by atoms with Gasteiger partial charge in [0, 0.05) is 13.1 Å². The zero-order chi connectivity index (χ0) is 17.5. The zero-order valence-electron chi connectivity index (χ0n) is 13.7. The van der Waals surface area contributed by atoms with E-state index in [1.165, 1.54) is 11.2 Å². The van der Waals surface area contributed by atoms with Gasteiger partial charge in [-0.3, -0.25) is 9.59 Å². The van der Waals surface area contributed by atoms with Gasteiger partial charge in [0.2, 0.25) is 11.8 Å². The molecule has 1 aromatic heterocycles. The van der Waals surface area contributed by atoms with Gasteiger partial charge in [-0.25, -0.2) is 4.98 Å². The standard InChI is InChI=1S/C17H20ClN3O3/c1-3-19-16(22)13-11-24-14(20-13)10-21(4-2)17(23)15(18)12-8-6-5-7-9-12/h5-9,11,15H,3-4,10H2,1-2H3,(H,19,22)/t15-/m0/s1. The van der Waals surface area contributed by atoms with Gasteiger partial charge in [-0.15, -0.1) is 11.6 Å². The number of oxazole rings is 1. The van der Waals surface area contributed by atoms with Crippen molar-refractivity contribution in [3.05, 3.63) is 53.7 Å². The predicted molar refractivity (Wildman–Crippen MR) is 90.6 cm³/mol. The topological polar surface area (TPSA) is 75.4 Å². The summed E-state index contributed by atoms with van der Waals surface area (Å²) in [4.78, 5) is 29.9. The van der Waals surface area contributed by atoms with Crippen LogP contribution in [0.15, 0.2) is 41.0 Å². The van der Waals surface area contributed by atoms with Gasteiger partial charge >= 0.3 is 0 Å². The number of rotatable bonds is 7. The van der Waals surface area contributed by atoms with Crippen molar-refractivity contribution in [3.63, 3.8) is 0 Å². The van der Waals surface area contributed by atoms with Crippen molar-refractivity contribution in [2.24, 2.45) is 0 Å². The molecule has 2 rings (SSSR count). The summed E-state index contributed by atoms with van der Waals surface area (Å²) in [5.74, 6) is -0.243. The van der Waals surface area contributed by atoms with E-state index in [4.69, 9.17) is 16.0 Å². The second kappa shape index (κ2) is 8.49. The number of nitrogens with one attached hydrogen (secondary N) is 1. The molecule has 24 heavy (non-hydrogen) atoms. The van der Waals surface area contributed by atoms with Crippen molar-refractivity contribution >= 4 is 23.4 Å². The third-order valence-corrected chi connectivity index (χ3v) is 3.89. The maximum absolute atomic E-state index is 12.6. The van der Waals surface area contributed by atoms with Crippen molar-refractivity contribution in [2.75, 3.05) is 13.1 Å². The van der Waals surface area contributed by atoms with Crippen molar-refractivity contribution in [2.45, 2.75) is 25.8 Å². The number of benzene rings is 1. The molecule has 0 unspecified atom stereocenters. The Balaban J connectivity index is 2.06. The normalized spacial score (nSPS) is 11.8. The minimum atomic E-state index is -0.774. The van der Waals surface area contributed by atoms with Crippen molar-refractivity contribution in [1.29, 1.82) is 0 Å². The lowest BCUT2D eigenvalue weighted by Crippen LogP contribution is -2.33. The Morgan fingerprint density at radius 1 is 1.29 bits per heavy atom. The molecule has 0 fully saturated rings. The van der Waals surface area contributed by atoms with E-state index < -0.39 is 5.38 Å². The fraction of sp³-hybridized carbons (Fsp3) is 0.353. The van der Waals surface area contributed by atoms with Gasteiger partial charge in [0.1, 0.15) is 11.6 Å². The SMILES string of the molecule is CCNC(=O)c1coc(CN(CC)C(=O)[C@@H](Cl)c2ccccc2)n1. The third-order valence-electron chi connectivity index (χ3n) is 3.45. The van der Waals surface area contributed by atoms with E-state index in [0.717, 1.165) is 5.56 Å². The molecular weight excluding hydrogens is 330 g/mol. The Labute approximate surface area is 145 Å². The highest BCUT2D eigenvalue weighted by molar-refractivity contribution is 6.30. The highest BCUT2D eigenvalue weighted by Gasteiger charge is 2.24. The molecule has 0 bridgehead atoms. The highest BCUT2D eigenvalue weighted by Crippen LogP contribution is 2.23. The number of alkyl halides is 1. The molecule has 128 valence electrons. The van der Waals surface area contributed by atoms with Gasteiger partial charge in [0.15, 0.2) is 5.69 Å². The number of nitrogens with zero attached hydrogens (tertiary/aromatic N) is 2. The van der Waals surface area contributed by atoms with Crippen LogP contribution in [0.3, 0.4) is 0 Å². The van der Waals surface area contributed by atoms with Gasteiger partial charge in [-0.05, 0) is 19.4 Å². The lowest BCUT2D eigenvalue weighted by molar-refractivity contribution is -0.131. The van der Waals surface area contributed by atoms with Crippen LogP contribution < -0.4 is 5.32 Å². The fourth-order valence-corrected chi connectivity index (χ4v) is 2.46. The van der Waals surface area contributed by atoms with E-state index in [0.29, 0.717) is 19.0 Å². The first-order valence-corrected chi connectivity index (χ1v) is 8.20. The largest absolute Gasteiger partial charge is 0.446 e. The van der Waals surface area contributed by atoms with Crippen LogP contribution in [-0.4, -0.2) is 34.8 Å². The van der Waals surface area contributed by atoms with E-state index in [2.05, 4.69) is 10.3 Å². The second-order valence-electron chi connectivity index (χ2n) is 5.11. The van der Waals surface area contributed by atoms with E-state index >= 15 is 0 Å². The monoisotopic (exact) mass is 349 g/mol. The van der Waals surface area contributed by atoms with Crippen LogP contribution in [0.4, 0.5) is 0 Å². The molecule has 0 spiro atoms. The summed E-state index contributed by atoms with van der Waals surface area (Å²) in [6.45, 7) is 4.78. The summed E-state index contributed by atoms with van der Waals surface area (Å²) >= 11 is 6.29. The van der Waals surface area contributed by atoms with E-state index in [1.807, 2.05) is 44.2 Å². The smallest absolute Gasteiger partial charge is 0.273 e. The Hall–Kier alpha value is -2.34. The van der Waals surface area contributed by atoms with Crippen molar-refractivity contribution in [3.8, 4) is 0 Å². The fourth-order valence-electron chi connectivity index (χ4n) is 2.17. The molecule has 2 amide bonds. The number of hydrogen-bond donors (Lipinski definition) is 1. The Bertz CT molecular complexity index is 687.